The maximum Gasteiger partial charge on any atom is 0.305 e. The van der Waals surface area contributed by atoms with E-state index in [-0.39, 0.29) is 37.8 Å². The van der Waals surface area contributed by atoms with Crippen LogP contribution in [0.15, 0.2) is 133 Å². The van der Waals surface area contributed by atoms with E-state index in [0.29, 0.717) is 20.1 Å². The van der Waals surface area contributed by atoms with Gasteiger partial charge in [-0.15, -0.1) is 0 Å². The van der Waals surface area contributed by atoms with Crippen molar-refractivity contribution in [1.29, 1.82) is 0 Å². The second-order valence-electron chi connectivity index (χ2n) is 12.9. The normalized spacial score (nSPS) is 11.1. The van der Waals surface area contributed by atoms with Gasteiger partial charge in [0.1, 0.15) is 0 Å². The van der Waals surface area contributed by atoms with Crippen LogP contribution in [-0.2, 0) is 9.59 Å². The van der Waals surface area contributed by atoms with E-state index in [1.54, 1.807) is 0 Å². The van der Waals surface area contributed by atoms with Gasteiger partial charge in [0.2, 0.25) is 0 Å². The van der Waals surface area contributed by atoms with Crippen molar-refractivity contribution < 1.29 is 19.8 Å². The Bertz CT molecular complexity index is 2000. The van der Waals surface area contributed by atoms with Gasteiger partial charge in [-0.05, 0) is 118 Å². The quantitative estimate of drug-likeness (QED) is 0.0619. The third-order valence-corrected chi connectivity index (χ3v) is 10.1. The number of rotatable bonds is 16. The van der Waals surface area contributed by atoms with Gasteiger partial charge in [-0.3, -0.25) is 9.59 Å². The van der Waals surface area contributed by atoms with Gasteiger partial charge < -0.3 is 26.2 Å². The molecule has 280 valence electrons. The fraction of sp³-hybridized carbons (Fsp3) is 0.136. The molecule has 0 radical (unpaired) electrons. The molecule has 0 amide bonds. The molecule has 0 fully saturated rings. The minimum Gasteiger partial charge on any atom is -0.481 e. The fourth-order valence-corrected chi connectivity index (χ4v) is 7.08. The molecule has 0 aliphatic rings. The molecule has 0 heterocycles. The molecule has 6 aromatic carbocycles. The number of carboxylic acid groups (broad SMARTS) is 2. The van der Waals surface area contributed by atoms with Gasteiger partial charge in [-0.25, -0.2) is 0 Å². The highest BCUT2D eigenvalue weighted by Gasteiger charge is 2.23. The van der Waals surface area contributed by atoms with Gasteiger partial charge in [0.25, 0.3) is 0 Å². The van der Waals surface area contributed by atoms with Crippen molar-refractivity contribution in [2.24, 2.45) is 0 Å². The first-order chi connectivity index (χ1) is 26.5. The minimum absolute atomic E-state index is 0.0516. The Morgan fingerprint density at radius 1 is 0.455 bits per heavy atom. The van der Waals surface area contributed by atoms with Gasteiger partial charge in [0, 0.05) is 67.8 Å². The molecule has 0 spiro atoms. The maximum atomic E-state index is 11.5. The molecular formula is C44H37Cl4N3O4. The Morgan fingerprint density at radius 2 is 0.745 bits per heavy atom. The van der Waals surface area contributed by atoms with Crippen LogP contribution in [0, 0.1) is 0 Å². The lowest BCUT2D eigenvalue weighted by Crippen LogP contribution is -2.13. The Kier molecular flexibility index (Phi) is 13.2. The van der Waals surface area contributed by atoms with E-state index in [4.69, 9.17) is 46.4 Å². The highest BCUT2D eigenvalue weighted by molar-refractivity contribution is 6.31. The predicted molar refractivity (Wildman–Crippen MR) is 225 cm³/mol. The Hall–Kier alpha value is -5.18. The average Bonchev–Trinajstić information content (AvgIpc) is 3.16. The van der Waals surface area contributed by atoms with E-state index < -0.39 is 11.9 Å². The molecule has 55 heavy (non-hydrogen) atoms. The molecule has 0 saturated carbocycles. The van der Waals surface area contributed by atoms with Crippen LogP contribution in [0.3, 0.4) is 0 Å². The molecule has 0 aliphatic heterocycles. The summed E-state index contributed by atoms with van der Waals surface area (Å²) >= 11 is 25.3. The molecule has 6 rings (SSSR count). The van der Waals surface area contributed by atoms with Crippen molar-refractivity contribution in [3.63, 3.8) is 0 Å². The van der Waals surface area contributed by atoms with E-state index in [1.165, 1.54) is 0 Å². The number of carbonyl (C=O) groups is 2. The highest BCUT2D eigenvalue weighted by atomic mass is 35.5. The molecule has 0 aromatic heterocycles. The molecule has 6 aromatic rings. The number of nitrogens with one attached hydrogen (secondary N) is 3. The van der Waals surface area contributed by atoms with E-state index in [2.05, 4.69) is 28.1 Å². The third kappa shape index (κ3) is 10.5. The second-order valence-corrected chi connectivity index (χ2v) is 14.7. The van der Waals surface area contributed by atoms with Crippen LogP contribution in [0.25, 0.3) is 0 Å². The van der Waals surface area contributed by atoms with Crippen LogP contribution in [0.5, 0.6) is 0 Å². The number of hydrogen-bond donors (Lipinski definition) is 5. The van der Waals surface area contributed by atoms with Gasteiger partial charge in [-0.1, -0.05) is 94.9 Å². The molecule has 7 nitrogen and oxygen atoms in total. The summed E-state index contributed by atoms with van der Waals surface area (Å²) in [5.41, 5.74) is 8.90. The average molecular weight is 814 g/mol. The van der Waals surface area contributed by atoms with Crippen molar-refractivity contribution >= 4 is 81.1 Å². The molecule has 5 N–H and O–H groups in total. The predicted octanol–water partition coefficient (Wildman–Crippen LogP) is 12.2. The van der Waals surface area contributed by atoms with Crippen molar-refractivity contribution in [3.05, 3.63) is 187 Å². The van der Waals surface area contributed by atoms with Crippen LogP contribution in [0.4, 0.5) is 22.7 Å². The number of carboxylic acids is 2. The molecule has 0 unspecified atom stereocenters. The summed E-state index contributed by atoms with van der Waals surface area (Å²) in [5.74, 6) is -2.32. The van der Waals surface area contributed by atoms with Crippen molar-refractivity contribution in [2.45, 2.75) is 24.7 Å². The summed E-state index contributed by atoms with van der Waals surface area (Å²) in [6.45, 7) is 0.471. The summed E-state index contributed by atoms with van der Waals surface area (Å²) in [7, 11) is 0. The fourth-order valence-electron chi connectivity index (χ4n) is 6.58. The number of benzene rings is 6. The lowest BCUT2D eigenvalue weighted by molar-refractivity contribution is -0.137. The van der Waals surface area contributed by atoms with Crippen molar-refractivity contribution in [3.8, 4) is 0 Å². The molecule has 0 saturated heterocycles. The summed E-state index contributed by atoms with van der Waals surface area (Å²) in [6.07, 6.45) is -0.103. The monoisotopic (exact) mass is 811 g/mol. The van der Waals surface area contributed by atoms with E-state index in [0.717, 1.165) is 56.1 Å². The Labute approximate surface area is 339 Å². The van der Waals surface area contributed by atoms with E-state index >= 15 is 0 Å². The minimum atomic E-state index is -0.897. The summed E-state index contributed by atoms with van der Waals surface area (Å²) < 4.78 is 0. The van der Waals surface area contributed by atoms with E-state index in [1.807, 2.05) is 121 Å². The first-order valence-electron chi connectivity index (χ1n) is 17.5. The van der Waals surface area contributed by atoms with Gasteiger partial charge in [-0.2, -0.15) is 0 Å². The number of anilines is 4. The summed E-state index contributed by atoms with van der Waals surface area (Å²) in [5, 5.41) is 31.5. The lowest BCUT2D eigenvalue weighted by Gasteiger charge is -2.25. The van der Waals surface area contributed by atoms with Crippen LogP contribution in [0.2, 0.25) is 20.1 Å². The van der Waals surface area contributed by atoms with Crippen molar-refractivity contribution in [2.75, 3.05) is 29.0 Å². The smallest absolute Gasteiger partial charge is 0.305 e. The number of aliphatic carboxylic acids is 2. The Balaban J connectivity index is 1.46. The summed E-state index contributed by atoms with van der Waals surface area (Å²) in [6, 6.07) is 42.6. The zero-order chi connectivity index (χ0) is 38.9. The van der Waals surface area contributed by atoms with Crippen LogP contribution in [-0.4, -0.2) is 35.2 Å². The largest absolute Gasteiger partial charge is 0.481 e. The molecule has 0 bridgehead atoms. The van der Waals surface area contributed by atoms with Crippen LogP contribution in [0.1, 0.15) is 58.1 Å². The topological polar surface area (TPSA) is 111 Å². The molecule has 0 aliphatic carbocycles. The molecular weight excluding hydrogens is 776 g/mol. The lowest BCUT2D eigenvalue weighted by atomic mass is 9.83. The number of hydrogen-bond acceptors (Lipinski definition) is 5. The van der Waals surface area contributed by atoms with Crippen LogP contribution >= 0.6 is 46.4 Å². The summed E-state index contributed by atoms with van der Waals surface area (Å²) in [4.78, 5) is 22.9. The zero-order valence-electron chi connectivity index (χ0n) is 29.4. The van der Waals surface area contributed by atoms with Gasteiger partial charge in [0.05, 0.1) is 12.8 Å². The number of halogens is 4. The van der Waals surface area contributed by atoms with Crippen molar-refractivity contribution in [1.82, 2.24) is 0 Å². The van der Waals surface area contributed by atoms with Gasteiger partial charge in [0.15, 0.2) is 0 Å². The SMILES string of the molecule is O=C(O)CCNc1ccc(Nc2ccc(NCCC(=O)O)c(C(c3ccc(Cl)cc3)c3ccc(Cl)cc3)c2)cc1C(c1ccc(Cl)cc1)c1ccc(Cl)cc1. The maximum absolute atomic E-state index is 11.5. The van der Waals surface area contributed by atoms with Gasteiger partial charge >= 0.3 is 11.9 Å². The Morgan fingerprint density at radius 3 is 1.02 bits per heavy atom. The first kappa shape index (κ1) is 39.5. The zero-order valence-corrected chi connectivity index (χ0v) is 32.4. The molecule has 11 heteroatoms. The van der Waals surface area contributed by atoms with E-state index in [9.17, 15) is 19.8 Å². The molecule has 0 atom stereocenters. The highest BCUT2D eigenvalue weighted by Crippen LogP contribution is 2.41. The van der Waals surface area contributed by atoms with Crippen LogP contribution < -0.4 is 16.0 Å². The standard InChI is InChI=1S/C44H37Cl4N3O4/c45-31-9-1-27(2-10-31)43(28-3-11-32(46)12-4-28)37-25-35(17-19-39(37)49-23-21-41(52)53)51-36-18-20-40(50-24-22-42(54)55)38(26-36)44(29-5-13-33(47)14-6-29)30-7-15-34(48)16-8-30/h1-20,25-26,43-44,49-51H,21-24H2,(H,52,53)(H,54,55). The first-order valence-corrected chi connectivity index (χ1v) is 19.0. The third-order valence-electron chi connectivity index (χ3n) is 9.14. The second kappa shape index (κ2) is 18.4.